The van der Waals surface area contributed by atoms with E-state index in [9.17, 15) is 9.59 Å². The van der Waals surface area contributed by atoms with Gasteiger partial charge in [0.25, 0.3) is 11.5 Å². The second-order valence-corrected chi connectivity index (χ2v) is 6.87. The highest BCUT2D eigenvalue weighted by Gasteiger charge is 2.19. The molecule has 2 N–H and O–H groups in total. The first-order valence-electron chi connectivity index (χ1n) is 9.67. The molecule has 1 amide bonds. The molecular weight excluding hydrogens is 394 g/mol. The number of benzene rings is 2. The summed E-state index contributed by atoms with van der Waals surface area (Å²) in [6.07, 6.45) is 1.56. The molecule has 0 aliphatic carbocycles. The standard InChI is InChI=1S/C24H21N3O4/c1-30-17-11-15(12-18(13-17)31-2)14-26-23(28)22-20(16-7-4-3-5-8-16)19-9-6-10-25-21(19)24(29)27-22/h3-13H,14H2,1-2H3,(H,26,28)(H,27,29). The molecule has 7 nitrogen and oxygen atoms in total. The molecule has 7 heteroatoms. The molecule has 0 saturated carbocycles. The third-order valence-electron chi connectivity index (χ3n) is 4.93. The molecule has 2 aromatic heterocycles. The summed E-state index contributed by atoms with van der Waals surface area (Å²) in [5.74, 6) is 0.848. The number of nitrogens with zero attached hydrogens (tertiary/aromatic N) is 1. The second-order valence-electron chi connectivity index (χ2n) is 6.87. The van der Waals surface area contributed by atoms with E-state index in [0.29, 0.717) is 22.4 Å². The van der Waals surface area contributed by atoms with E-state index in [1.807, 2.05) is 42.5 Å². The minimum atomic E-state index is -0.413. The lowest BCUT2D eigenvalue weighted by molar-refractivity contribution is 0.0946. The van der Waals surface area contributed by atoms with Crippen molar-refractivity contribution in [3.8, 4) is 22.6 Å². The normalized spacial score (nSPS) is 10.6. The van der Waals surface area contributed by atoms with Crippen molar-refractivity contribution < 1.29 is 14.3 Å². The Balaban J connectivity index is 1.74. The quantitative estimate of drug-likeness (QED) is 0.502. The van der Waals surface area contributed by atoms with Crippen LogP contribution >= 0.6 is 0 Å². The molecule has 0 aliphatic heterocycles. The van der Waals surface area contributed by atoms with Gasteiger partial charge < -0.3 is 19.8 Å². The van der Waals surface area contributed by atoms with Crippen LogP contribution in [0.3, 0.4) is 0 Å². The van der Waals surface area contributed by atoms with Crippen LogP contribution in [0.15, 0.2) is 71.7 Å². The Morgan fingerprint density at radius 2 is 1.71 bits per heavy atom. The van der Waals surface area contributed by atoms with Gasteiger partial charge in [-0.1, -0.05) is 36.4 Å². The lowest BCUT2D eigenvalue weighted by Crippen LogP contribution is -2.27. The van der Waals surface area contributed by atoms with E-state index < -0.39 is 11.5 Å². The zero-order chi connectivity index (χ0) is 21.8. The summed E-state index contributed by atoms with van der Waals surface area (Å²) < 4.78 is 10.6. The highest BCUT2D eigenvalue weighted by Crippen LogP contribution is 2.29. The Bertz CT molecular complexity index is 1280. The molecule has 0 bridgehead atoms. The van der Waals surface area contributed by atoms with E-state index in [4.69, 9.17) is 9.47 Å². The summed E-state index contributed by atoms with van der Waals surface area (Å²) in [6.45, 7) is 0.230. The molecule has 156 valence electrons. The van der Waals surface area contributed by atoms with Gasteiger partial charge in [0.2, 0.25) is 0 Å². The van der Waals surface area contributed by atoms with Gasteiger partial charge in [-0.15, -0.1) is 0 Å². The number of hydrogen-bond donors (Lipinski definition) is 2. The van der Waals surface area contributed by atoms with Crippen LogP contribution in [0.25, 0.3) is 22.0 Å². The fraction of sp³-hybridized carbons (Fsp3) is 0.125. The Hall–Kier alpha value is -4.13. The number of H-pyrrole nitrogens is 1. The SMILES string of the molecule is COc1cc(CNC(=O)c2[nH]c(=O)c3ncccc3c2-c2ccccc2)cc(OC)c1. The average Bonchev–Trinajstić information content (AvgIpc) is 2.82. The maximum atomic E-state index is 13.2. The molecule has 0 fully saturated rings. The summed E-state index contributed by atoms with van der Waals surface area (Å²) in [7, 11) is 3.13. The first kappa shape index (κ1) is 20.2. The number of aromatic amines is 1. The molecule has 0 radical (unpaired) electrons. The van der Waals surface area contributed by atoms with Crippen molar-refractivity contribution in [1.29, 1.82) is 0 Å². The van der Waals surface area contributed by atoms with Gasteiger partial charge >= 0.3 is 0 Å². The molecule has 0 unspecified atom stereocenters. The number of ether oxygens (including phenoxy) is 2. The van der Waals surface area contributed by atoms with Crippen molar-refractivity contribution in [2.45, 2.75) is 6.54 Å². The number of aromatic nitrogens is 2. The molecule has 0 spiro atoms. The van der Waals surface area contributed by atoms with Crippen molar-refractivity contribution in [3.05, 3.63) is 88.5 Å². The van der Waals surface area contributed by atoms with Crippen LogP contribution in [-0.2, 0) is 6.54 Å². The smallest absolute Gasteiger partial charge is 0.275 e. The number of pyridine rings is 2. The maximum absolute atomic E-state index is 13.2. The van der Waals surface area contributed by atoms with Gasteiger partial charge in [-0.2, -0.15) is 0 Å². The third-order valence-corrected chi connectivity index (χ3v) is 4.93. The minimum Gasteiger partial charge on any atom is -0.497 e. The van der Waals surface area contributed by atoms with Crippen molar-refractivity contribution in [2.75, 3.05) is 14.2 Å². The van der Waals surface area contributed by atoms with Crippen molar-refractivity contribution >= 4 is 16.8 Å². The fourth-order valence-corrected chi connectivity index (χ4v) is 3.47. The van der Waals surface area contributed by atoms with E-state index in [0.717, 1.165) is 11.1 Å². The predicted molar refractivity (Wildman–Crippen MR) is 119 cm³/mol. The number of nitrogens with one attached hydrogen (secondary N) is 2. The largest absolute Gasteiger partial charge is 0.497 e. The minimum absolute atomic E-state index is 0.187. The van der Waals surface area contributed by atoms with Gasteiger partial charge in [0, 0.05) is 29.8 Å². The van der Waals surface area contributed by atoms with Gasteiger partial charge in [-0.3, -0.25) is 14.6 Å². The number of amides is 1. The summed E-state index contributed by atoms with van der Waals surface area (Å²) in [6, 6.07) is 18.4. The van der Waals surface area contributed by atoms with Crippen molar-refractivity contribution in [1.82, 2.24) is 15.3 Å². The van der Waals surface area contributed by atoms with E-state index in [1.165, 1.54) is 0 Å². The molecule has 2 heterocycles. The fourth-order valence-electron chi connectivity index (χ4n) is 3.47. The highest BCUT2D eigenvalue weighted by molar-refractivity contribution is 6.07. The van der Waals surface area contributed by atoms with Crippen LogP contribution in [0.2, 0.25) is 0 Å². The van der Waals surface area contributed by atoms with Crippen molar-refractivity contribution in [2.24, 2.45) is 0 Å². The van der Waals surface area contributed by atoms with Gasteiger partial charge in [0.15, 0.2) is 0 Å². The summed E-state index contributed by atoms with van der Waals surface area (Å²) in [5, 5.41) is 3.50. The number of rotatable bonds is 6. The number of carbonyl (C=O) groups excluding carboxylic acids is 1. The topological polar surface area (TPSA) is 93.3 Å². The van der Waals surface area contributed by atoms with Gasteiger partial charge in [0.1, 0.15) is 22.7 Å². The number of hydrogen-bond acceptors (Lipinski definition) is 5. The first-order valence-corrected chi connectivity index (χ1v) is 9.67. The van der Waals surface area contributed by atoms with Gasteiger partial charge in [0.05, 0.1) is 14.2 Å². The Kier molecular flexibility index (Phi) is 5.66. The molecule has 4 aromatic rings. The molecule has 31 heavy (non-hydrogen) atoms. The first-order chi connectivity index (χ1) is 15.1. The monoisotopic (exact) mass is 415 g/mol. The van der Waals surface area contributed by atoms with Crippen LogP contribution in [-0.4, -0.2) is 30.1 Å². The maximum Gasteiger partial charge on any atom is 0.275 e. The lowest BCUT2D eigenvalue weighted by atomic mass is 9.98. The average molecular weight is 415 g/mol. The third kappa shape index (κ3) is 4.11. The molecule has 0 atom stereocenters. The Morgan fingerprint density at radius 3 is 2.39 bits per heavy atom. The molecule has 2 aromatic carbocycles. The summed E-state index contributed by atoms with van der Waals surface area (Å²) >= 11 is 0. The van der Waals surface area contributed by atoms with Crippen LogP contribution in [0.1, 0.15) is 16.1 Å². The van der Waals surface area contributed by atoms with Gasteiger partial charge in [-0.05, 0) is 29.3 Å². The van der Waals surface area contributed by atoms with Crippen LogP contribution in [0.4, 0.5) is 0 Å². The molecule has 0 saturated heterocycles. The number of carbonyl (C=O) groups is 1. The Labute approximate surface area is 178 Å². The van der Waals surface area contributed by atoms with Gasteiger partial charge in [-0.25, -0.2) is 0 Å². The van der Waals surface area contributed by atoms with E-state index in [2.05, 4.69) is 15.3 Å². The predicted octanol–water partition coefficient (Wildman–Crippen LogP) is 3.54. The van der Waals surface area contributed by atoms with Crippen LogP contribution < -0.4 is 20.3 Å². The highest BCUT2D eigenvalue weighted by atomic mass is 16.5. The second kappa shape index (κ2) is 8.71. The van der Waals surface area contributed by atoms with Crippen LogP contribution in [0, 0.1) is 0 Å². The number of methoxy groups -OCH3 is 2. The Morgan fingerprint density at radius 1 is 1.00 bits per heavy atom. The summed E-state index contributed by atoms with van der Waals surface area (Å²) in [4.78, 5) is 32.7. The lowest BCUT2D eigenvalue weighted by Gasteiger charge is -2.14. The molecule has 4 rings (SSSR count). The molecule has 0 aliphatic rings. The molecular formula is C24H21N3O4. The zero-order valence-corrected chi connectivity index (χ0v) is 17.1. The van der Waals surface area contributed by atoms with E-state index >= 15 is 0 Å². The zero-order valence-electron chi connectivity index (χ0n) is 17.1. The van der Waals surface area contributed by atoms with E-state index in [1.54, 1.807) is 38.6 Å². The van der Waals surface area contributed by atoms with E-state index in [-0.39, 0.29) is 17.8 Å². The van der Waals surface area contributed by atoms with Crippen LogP contribution in [0.5, 0.6) is 11.5 Å². The number of fused-ring (bicyclic) bond motifs is 1. The van der Waals surface area contributed by atoms with Crippen molar-refractivity contribution in [3.63, 3.8) is 0 Å². The summed E-state index contributed by atoms with van der Waals surface area (Å²) in [5.41, 5.74) is 2.30.